The van der Waals surface area contributed by atoms with Crippen LogP contribution in [0.15, 0.2) is 18.2 Å². The van der Waals surface area contributed by atoms with Crippen molar-refractivity contribution in [2.75, 3.05) is 32.0 Å². The third-order valence-electron chi connectivity index (χ3n) is 3.84. The van der Waals surface area contributed by atoms with Crippen LogP contribution >= 0.6 is 0 Å². The Hall–Kier alpha value is -2.16. The lowest BCUT2D eigenvalue weighted by atomic mass is 9.89. The van der Waals surface area contributed by atoms with E-state index in [1.807, 2.05) is 0 Å². The van der Waals surface area contributed by atoms with Gasteiger partial charge in [-0.1, -0.05) is 6.07 Å². The number of anilines is 1. The summed E-state index contributed by atoms with van der Waals surface area (Å²) in [6.45, 7) is -0.648. The Labute approximate surface area is 142 Å². The van der Waals surface area contributed by atoms with Gasteiger partial charge in [0.05, 0.1) is 12.5 Å². The van der Waals surface area contributed by atoms with Crippen molar-refractivity contribution in [3.8, 4) is 0 Å². The van der Waals surface area contributed by atoms with Crippen molar-refractivity contribution in [1.82, 2.24) is 10.2 Å². The molecule has 1 atom stereocenters. The molecule has 25 heavy (non-hydrogen) atoms. The van der Waals surface area contributed by atoms with Crippen LogP contribution in [-0.2, 0) is 9.59 Å². The first kappa shape index (κ1) is 19.2. The highest BCUT2D eigenvalue weighted by Crippen LogP contribution is 2.32. The van der Waals surface area contributed by atoms with Gasteiger partial charge in [0.25, 0.3) is 0 Å². The van der Waals surface area contributed by atoms with Gasteiger partial charge in [-0.25, -0.2) is 4.39 Å². The van der Waals surface area contributed by atoms with Gasteiger partial charge < -0.3 is 10.6 Å². The highest BCUT2D eigenvalue weighted by atomic mass is 19.4. The van der Waals surface area contributed by atoms with Gasteiger partial charge in [-0.3, -0.25) is 14.5 Å². The van der Waals surface area contributed by atoms with Crippen LogP contribution in [0.1, 0.15) is 24.3 Å². The monoisotopic (exact) mass is 361 g/mol. The van der Waals surface area contributed by atoms with E-state index >= 15 is 0 Å². The lowest BCUT2D eigenvalue weighted by Gasteiger charge is -2.25. The number of nitrogens with one attached hydrogen (secondary N) is 2. The Kier molecular flexibility index (Phi) is 5.99. The van der Waals surface area contributed by atoms with E-state index in [0.717, 1.165) is 11.0 Å². The van der Waals surface area contributed by atoms with Crippen LogP contribution in [0.5, 0.6) is 0 Å². The van der Waals surface area contributed by atoms with Crippen molar-refractivity contribution in [3.05, 3.63) is 29.6 Å². The Morgan fingerprint density at radius 2 is 2.12 bits per heavy atom. The van der Waals surface area contributed by atoms with Crippen molar-refractivity contribution in [3.63, 3.8) is 0 Å². The molecule has 1 aliphatic rings. The summed E-state index contributed by atoms with van der Waals surface area (Å²) < 4.78 is 49.9. The van der Waals surface area contributed by atoms with Crippen molar-refractivity contribution < 1.29 is 27.2 Å². The summed E-state index contributed by atoms with van der Waals surface area (Å²) in [4.78, 5) is 25.1. The molecule has 5 nitrogen and oxygen atoms in total. The number of fused-ring (bicyclic) bond motifs is 1. The smallest absolute Gasteiger partial charge is 0.356 e. The van der Waals surface area contributed by atoms with Gasteiger partial charge >= 0.3 is 6.18 Å². The van der Waals surface area contributed by atoms with Gasteiger partial charge in [-0.15, -0.1) is 0 Å². The lowest BCUT2D eigenvalue weighted by molar-refractivity contribution is -0.143. The normalized spacial score (nSPS) is 17.2. The first-order valence-electron chi connectivity index (χ1n) is 7.78. The van der Waals surface area contributed by atoms with Gasteiger partial charge in [-0.2, -0.15) is 13.2 Å². The highest BCUT2D eigenvalue weighted by Gasteiger charge is 2.31. The van der Waals surface area contributed by atoms with Crippen LogP contribution in [0.2, 0.25) is 0 Å². The molecule has 1 aliphatic heterocycles. The van der Waals surface area contributed by atoms with Gasteiger partial charge in [0.1, 0.15) is 5.82 Å². The number of amides is 2. The molecule has 1 aromatic rings. The molecule has 138 valence electrons. The predicted molar refractivity (Wildman–Crippen MR) is 83.6 cm³/mol. The summed E-state index contributed by atoms with van der Waals surface area (Å²) in [6, 6.07) is 3.81. The fraction of sp³-hybridized carbons (Fsp3) is 0.500. The molecule has 0 spiro atoms. The Morgan fingerprint density at radius 3 is 2.80 bits per heavy atom. The van der Waals surface area contributed by atoms with Crippen molar-refractivity contribution in [2.45, 2.75) is 24.9 Å². The minimum Gasteiger partial charge on any atom is -0.356 e. The first-order chi connectivity index (χ1) is 11.7. The summed E-state index contributed by atoms with van der Waals surface area (Å²) in [5.74, 6) is -2.05. The largest absolute Gasteiger partial charge is 0.401 e. The number of carbonyl (C=O) groups excluding carboxylic acids is 2. The molecule has 0 unspecified atom stereocenters. The van der Waals surface area contributed by atoms with Gasteiger partial charge in [0.15, 0.2) is 0 Å². The maximum absolute atomic E-state index is 13.3. The molecular formula is C16H19F4N3O2. The number of hydrogen-bond donors (Lipinski definition) is 2. The molecule has 9 heteroatoms. The van der Waals surface area contributed by atoms with E-state index in [2.05, 4.69) is 10.6 Å². The Bertz CT molecular complexity index is 649. The standard InChI is InChI=1S/C16H19F4N3O2/c1-23(9-16(18,19)20)6-2-5-21-15(25)12-8-14(24)22-13-7-10(17)3-4-11(12)13/h3-4,7,12H,2,5-6,8-9H2,1H3,(H,21,25)(H,22,24)/t12-/m1/s1. The number of halogens is 4. The molecular weight excluding hydrogens is 342 g/mol. The molecule has 0 fully saturated rings. The van der Waals surface area contributed by atoms with Crippen molar-refractivity contribution >= 4 is 17.5 Å². The number of hydrogen-bond acceptors (Lipinski definition) is 3. The second kappa shape index (κ2) is 7.81. The summed E-state index contributed by atoms with van der Waals surface area (Å²) in [7, 11) is 1.35. The molecule has 0 bridgehead atoms. The zero-order chi connectivity index (χ0) is 18.6. The van der Waals surface area contributed by atoms with Crippen LogP contribution in [0.3, 0.4) is 0 Å². The number of rotatable bonds is 6. The molecule has 2 rings (SSSR count). The van der Waals surface area contributed by atoms with Gasteiger partial charge in [0.2, 0.25) is 11.8 Å². The minimum absolute atomic E-state index is 0.0571. The van der Waals surface area contributed by atoms with Gasteiger partial charge in [-0.05, 0) is 37.7 Å². The SMILES string of the molecule is CN(CCCNC(=O)[C@@H]1CC(=O)Nc2cc(F)ccc21)CC(F)(F)F. The topological polar surface area (TPSA) is 61.4 Å². The summed E-state index contributed by atoms with van der Waals surface area (Å²) in [6.07, 6.45) is -3.97. The molecule has 0 aromatic heterocycles. The summed E-state index contributed by atoms with van der Waals surface area (Å²) in [5, 5.41) is 5.14. The average Bonchev–Trinajstić information content (AvgIpc) is 2.48. The van der Waals surface area contributed by atoms with Crippen molar-refractivity contribution in [1.29, 1.82) is 0 Å². The molecule has 2 amide bonds. The molecule has 1 aromatic carbocycles. The van der Waals surface area contributed by atoms with Crippen molar-refractivity contribution in [2.24, 2.45) is 0 Å². The predicted octanol–water partition coefficient (Wildman–Crippen LogP) is 2.25. The van der Waals surface area contributed by atoms with Crippen LogP contribution in [-0.4, -0.2) is 49.6 Å². The second-order valence-electron chi connectivity index (χ2n) is 6.03. The number of alkyl halides is 3. The van der Waals surface area contributed by atoms with E-state index in [0.29, 0.717) is 12.0 Å². The van der Waals surface area contributed by atoms with E-state index in [1.54, 1.807) is 0 Å². The summed E-state index contributed by atoms with van der Waals surface area (Å²) in [5.41, 5.74) is 0.786. The van der Waals surface area contributed by atoms with E-state index < -0.39 is 30.4 Å². The highest BCUT2D eigenvalue weighted by molar-refractivity contribution is 6.01. The summed E-state index contributed by atoms with van der Waals surface area (Å²) >= 11 is 0. The molecule has 0 radical (unpaired) electrons. The molecule has 0 aliphatic carbocycles. The third kappa shape index (κ3) is 5.70. The van der Waals surface area contributed by atoms with Gasteiger partial charge in [0, 0.05) is 18.7 Å². The maximum Gasteiger partial charge on any atom is 0.401 e. The van der Waals surface area contributed by atoms with E-state index in [9.17, 15) is 27.2 Å². The zero-order valence-electron chi connectivity index (χ0n) is 13.6. The molecule has 0 saturated heterocycles. The van der Waals surface area contributed by atoms with Crippen LogP contribution in [0.25, 0.3) is 0 Å². The fourth-order valence-corrected chi connectivity index (χ4v) is 2.74. The Morgan fingerprint density at radius 1 is 1.40 bits per heavy atom. The second-order valence-corrected chi connectivity index (χ2v) is 6.03. The van der Waals surface area contributed by atoms with Crippen LogP contribution in [0, 0.1) is 5.82 Å². The minimum atomic E-state index is -4.26. The molecule has 0 saturated carbocycles. The number of carbonyl (C=O) groups is 2. The number of benzene rings is 1. The number of nitrogens with zero attached hydrogens (tertiary/aromatic N) is 1. The lowest BCUT2D eigenvalue weighted by Crippen LogP contribution is -2.37. The third-order valence-corrected chi connectivity index (χ3v) is 3.84. The average molecular weight is 361 g/mol. The Balaban J connectivity index is 1.86. The zero-order valence-corrected chi connectivity index (χ0v) is 13.6. The van der Waals surface area contributed by atoms with E-state index in [-0.39, 0.29) is 31.1 Å². The van der Waals surface area contributed by atoms with E-state index in [1.165, 1.54) is 19.2 Å². The molecule has 2 N–H and O–H groups in total. The van der Waals surface area contributed by atoms with Crippen LogP contribution in [0.4, 0.5) is 23.2 Å². The maximum atomic E-state index is 13.3. The van der Waals surface area contributed by atoms with E-state index in [4.69, 9.17) is 0 Å². The van der Waals surface area contributed by atoms with Crippen LogP contribution < -0.4 is 10.6 Å². The molecule has 1 heterocycles. The quantitative estimate of drug-likeness (QED) is 0.604. The first-order valence-corrected chi connectivity index (χ1v) is 7.78. The fourth-order valence-electron chi connectivity index (χ4n) is 2.74.